The number of aromatic nitrogens is 2. The van der Waals surface area contributed by atoms with Crippen molar-refractivity contribution in [1.29, 1.82) is 0 Å². The molecule has 3 rings (SSSR count). The summed E-state index contributed by atoms with van der Waals surface area (Å²) in [6, 6.07) is 6.25. The number of hydrogen-bond acceptors (Lipinski definition) is 3. The molecule has 102 valence electrons. The third-order valence-electron chi connectivity index (χ3n) is 3.83. The summed E-state index contributed by atoms with van der Waals surface area (Å²) in [5.41, 5.74) is 3.30. The van der Waals surface area contributed by atoms with E-state index in [-0.39, 0.29) is 17.5 Å². The Morgan fingerprint density at radius 1 is 1.32 bits per heavy atom. The predicted molar refractivity (Wildman–Crippen MR) is 78.8 cm³/mol. The van der Waals surface area contributed by atoms with E-state index in [9.17, 15) is 8.42 Å². The highest BCUT2D eigenvalue weighted by molar-refractivity contribution is 7.91. The lowest BCUT2D eigenvalue weighted by atomic mass is 10.1. The van der Waals surface area contributed by atoms with Crippen LogP contribution in [0.2, 0.25) is 0 Å². The minimum Gasteiger partial charge on any atom is -0.331 e. The number of imidazole rings is 1. The maximum atomic E-state index is 11.5. The summed E-state index contributed by atoms with van der Waals surface area (Å²) in [4.78, 5) is 3.21. The number of aromatic amines is 1. The van der Waals surface area contributed by atoms with E-state index in [2.05, 4.69) is 22.5 Å². The lowest BCUT2D eigenvalue weighted by Gasteiger charge is -2.24. The first-order valence-corrected chi connectivity index (χ1v) is 8.61. The zero-order valence-corrected chi connectivity index (χ0v) is 12.4. The summed E-state index contributed by atoms with van der Waals surface area (Å²) in [5.74, 6) is 0.524. The van der Waals surface area contributed by atoms with Gasteiger partial charge in [0.25, 0.3) is 0 Å². The zero-order chi connectivity index (χ0) is 13.6. The average Bonchev–Trinajstić information content (AvgIpc) is 2.67. The van der Waals surface area contributed by atoms with Crippen LogP contribution in [0.25, 0.3) is 11.0 Å². The van der Waals surface area contributed by atoms with Crippen molar-refractivity contribution < 1.29 is 8.42 Å². The molecule has 6 heteroatoms. The van der Waals surface area contributed by atoms with Crippen molar-refractivity contribution in [3.8, 4) is 0 Å². The SMILES string of the molecule is Cc1cccc2[nH]c(=S)n(C3CCS(=O)(=O)CC3)c12. The number of hydrogen-bond donors (Lipinski definition) is 1. The third kappa shape index (κ3) is 2.23. The normalized spacial score (nSPS) is 19.8. The number of fused-ring (bicyclic) bond motifs is 1. The Bertz CT molecular complexity index is 773. The van der Waals surface area contributed by atoms with E-state index in [1.807, 2.05) is 12.1 Å². The van der Waals surface area contributed by atoms with E-state index in [1.54, 1.807) is 0 Å². The third-order valence-corrected chi connectivity index (χ3v) is 5.84. The summed E-state index contributed by atoms with van der Waals surface area (Å²) in [6.45, 7) is 2.06. The lowest BCUT2D eigenvalue weighted by Crippen LogP contribution is -2.25. The van der Waals surface area contributed by atoms with Gasteiger partial charge in [-0.05, 0) is 43.6 Å². The quantitative estimate of drug-likeness (QED) is 0.823. The topological polar surface area (TPSA) is 54.9 Å². The van der Waals surface area contributed by atoms with Crippen LogP contribution in [0.15, 0.2) is 18.2 Å². The Morgan fingerprint density at radius 2 is 2.00 bits per heavy atom. The zero-order valence-electron chi connectivity index (χ0n) is 10.7. The molecule has 19 heavy (non-hydrogen) atoms. The van der Waals surface area contributed by atoms with Gasteiger partial charge in [0, 0.05) is 6.04 Å². The number of para-hydroxylation sites is 1. The molecule has 0 spiro atoms. The first-order chi connectivity index (χ1) is 8.98. The van der Waals surface area contributed by atoms with Crippen LogP contribution in [0.5, 0.6) is 0 Å². The Morgan fingerprint density at radius 3 is 2.68 bits per heavy atom. The molecule has 1 aliphatic heterocycles. The van der Waals surface area contributed by atoms with Crippen molar-refractivity contribution in [1.82, 2.24) is 9.55 Å². The molecular formula is C13H16N2O2S2. The highest BCUT2D eigenvalue weighted by atomic mass is 32.2. The van der Waals surface area contributed by atoms with Gasteiger partial charge in [-0.2, -0.15) is 0 Å². The molecule has 1 aromatic carbocycles. The van der Waals surface area contributed by atoms with Gasteiger partial charge in [0.05, 0.1) is 22.5 Å². The molecule has 1 saturated heterocycles. The molecule has 2 aromatic rings. The van der Waals surface area contributed by atoms with Gasteiger partial charge in [0.15, 0.2) is 4.77 Å². The van der Waals surface area contributed by atoms with Gasteiger partial charge in [-0.15, -0.1) is 0 Å². The second kappa shape index (κ2) is 4.45. The number of nitrogens with zero attached hydrogens (tertiary/aromatic N) is 1. The fourth-order valence-electron chi connectivity index (χ4n) is 2.84. The molecule has 0 bridgehead atoms. The van der Waals surface area contributed by atoms with E-state index in [0.29, 0.717) is 17.6 Å². The largest absolute Gasteiger partial charge is 0.331 e. The van der Waals surface area contributed by atoms with Gasteiger partial charge in [0.2, 0.25) is 0 Å². The van der Waals surface area contributed by atoms with Gasteiger partial charge in [-0.3, -0.25) is 0 Å². The highest BCUT2D eigenvalue weighted by Gasteiger charge is 2.26. The Hall–Kier alpha value is -1.14. The summed E-state index contributed by atoms with van der Waals surface area (Å²) in [7, 11) is -2.84. The summed E-state index contributed by atoms with van der Waals surface area (Å²) in [5, 5.41) is 0. The molecule has 1 N–H and O–H groups in total. The fraction of sp³-hybridized carbons (Fsp3) is 0.462. The van der Waals surface area contributed by atoms with E-state index < -0.39 is 9.84 Å². The minimum atomic E-state index is -2.84. The van der Waals surface area contributed by atoms with Crippen LogP contribution in [-0.2, 0) is 9.84 Å². The Labute approximate surface area is 117 Å². The van der Waals surface area contributed by atoms with Crippen LogP contribution in [-0.4, -0.2) is 29.5 Å². The number of benzene rings is 1. The molecule has 0 unspecified atom stereocenters. The maximum absolute atomic E-state index is 11.5. The van der Waals surface area contributed by atoms with Crippen LogP contribution in [0.4, 0.5) is 0 Å². The van der Waals surface area contributed by atoms with E-state index in [0.717, 1.165) is 11.0 Å². The molecule has 0 radical (unpaired) electrons. The first-order valence-electron chi connectivity index (χ1n) is 6.38. The Balaban J connectivity index is 2.11. The van der Waals surface area contributed by atoms with Crippen LogP contribution in [0.1, 0.15) is 24.4 Å². The number of rotatable bonds is 1. The second-order valence-corrected chi connectivity index (χ2v) is 7.84. The molecule has 4 nitrogen and oxygen atoms in total. The fourth-order valence-corrected chi connectivity index (χ4v) is 4.66. The molecule has 0 aliphatic carbocycles. The lowest BCUT2D eigenvalue weighted by molar-refractivity contribution is 0.455. The molecule has 0 amide bonds. The van der Waals surface area contributed by atoms with Crippen molar-refractivity contribution in [2.24, 2.45) is 0 Å². The molecule has 0 atom stereocenters. The maximum Gasteiger partial charge on any atom is 0.178 e. The highest BCUT2D eigenvalue weighted by Crippen LogP contribution is 2.29. The van der Waals surface area contributed by atoms with Crippen molar-refractivity contribution in [3.05, 3.63) is 28.5 Å². The van der Waals surface area contributed by atoms with Crippen molar-refractivity contribution in [2.75, 3.05) is 11.5 Å². The number of aryl methyl sites for hydroxylation is 1. The molecule has 1 aromatic heterocycles. The number of sulfone groups is 1. The second-order valence-electron chi connectivity index (χ2n) is 5.15. The van der Waals surface area contributed by atoms with E-state index >= 15 is 0 Å². The minimum absolute atomic E-state index is 0.186. The summed E-state index contributed by atoms with van der Waals surface area (Å²) >= 11 is 5.41. The molecule has 0 saturated carbocycles. The van der Waals surface area contributed by atoms with Crippen LogP contribution >= 0.6 is 12.2 Å². The molecule has 2 heterocycles. The first kappa shape index (κ1) is 12.9. The molecular weight excluding hydrogens is 280 g/mol. The van der Waals surface area contributed by atoms with Gasteiger partial charge in [-0.1, -0.05) is 12.1 Å². The smallest absolute Gasteiger partial charge is 0.178 e. The van der Waals surface area contributed by atoms with Crippen LogP contribution in [0, 0.1) is 11.7 Å². The summed E-state index contributed by atoms with van der Waals surface area (Å²) in [6.07, 6.45) is 1.30. The predicted octanol–water partition coefficient (Wildman–Crippen LogP) is 2.76. The van der Waals surface area contributed by atoms with Crippen molar-refractivity contribution in [2.45, 2.75) is 25.8 Å². The van der Waals surface area contributed by atoms with Gasteiger partial charge in [0.1, 0.15) is 9.84 Å². The Kier molecular flexibility index (Phi) is 3.02. The van der Waals surface area contributed by atoms with Crippen molar-refractivity contribution >= 4 is 33.1 Å². The monoisotopic (exact) mass is 296 g/mol. The van der Waals surface area contributed by atoms with Gasteiger partial charge >= 0.3 is 0 Å². The number of nitrogens with one attached hydrogen (secondary N) is 1. The molecule has 1 fully saturated rings. The number of H-pyrrole nitrogens is 1. The molecule has 1 aliphatic rings. The van der Waals surface area contributed by atoms with E-state index in [1.165, 1.54) is 5.56 Å². The van der Waals surface area contributed by atoms with Crippen LogP contribution in [0.3, 0.4) is 0 Å². The van der Waals surface area contributed by atoms with Gasteiger partial charge < -0.3 is 9.55 Å². The van der Waals surface area contributed by atoms with Gasteiger partial charge in [-0.25, -0.2) is 8.42 Å². The van der Waals surface area contributed by atoms with Crippen LogP contribution < -0.4 is 0 Å². The summed E-state index contributed by atoms with van der Waals surface area (Å²) < 4.78 is 25.9. The van der Waals surface area contributed by atoms with Crippen molar-refractivity contribution in [3.63, 3.8) is 0 Å². The average molecular weight is 296 g/mol. The van der Waals surface area contributed by atoms with E-state index in [4.69, 9.17) is 12.2 Å². The standard InChI is InChI=1S/C13H16N2O2S2/c1-9-3-2-4-11-12(9)15(13(18)14-11)10-5-7-19(16,17)8-6-10/h2-4,10H,5-8H2,1H3,(H,14,18).